The fraction of sp³-hybridized carbons (Fsp3) is 0.553. The number of nitrogens with one attached hydrogen (secondary N) is 6. The summed E-state index contributed by atoms with van der Waals surface area (Å²) < 4.78 is 1.92. The Labute approximate surface area is 338 Å². The molecule has 4 aliphatic rings. The van der Waals surface area contributed by atoms with Gasteiger partial charge >= 0.3 is 0 Å². The predicted molar refractivity (Wildman–Crippen MR) is 211 cm³/mol. The van der Waals surface area contributed by atoms with E-state index in [-0.39, 0.29) is 66.8 Å². The largest absolute Gasteiger partial charge is 0.355 e. The molecule has 5 heterocycles. The molecule has 1 atom stereocenters. The van der Waals surface area contributed by atoms with Gasteiger partial charge in [-0.3, -0.25) is 43.7 Å². The van der Waals surface area contributed by atoms with Gasteiger partial charge in [0.05, 0.1) is 48.3 Å². The maximum atomic E-state index is 12.9. The first-order valence-electron chi connectivity index (χ1n) is 19.7. The number of nitrogens with zero attached hydrogens (tertiary/aromatic N) is 5. The van der Waals surface area contributed by atoms with Crippen molar-refractivity contribution in [2.75, 3.05) is 31.5 Å². The SMILES string of the molecule is Cn1ncc(-c2nc(N[C@H]3CC[C@H](NCC(=O)NCCCCNCC(=O)NCc4cc5c(s4)C(=O)N(C4CCC(=O)NC4=O)C5=O)CC3)ncc2Cl)c1CC1CC1. The second-order valence-electron chi connectivity index (χ2n) is 15.2. The molecule has 17 nitrogen and oxygen atoms in total. The average molecular weight is 822 g/mol. The van der Waals surface area contributed by atoms with Crippen LogP contribution in [0.5, 0.6) is 0 Å². The molecule has 0 bridgehead atoms. The first kappa shape index (κ1) is 40.4. The van der Waals surface area contributed by atoms with Crippen LogP contribution >= 0.6 is 22.9 Å². The summed E-state index contributed by atoms with van der Waals surface area (Å²) in [6.07, 6.45) is 12.4. The summed E-state index contributed by atoms with van der Waals surface area (Å²) in [6, 6.07) is 1.04. The van der Waals surface area contributed by atoms with E-state index in [2.05, 4.69) is 42.0 Å². The Balaban J connectivity index is 0.722. The number of piperidine rings is 1. The summed E-state index contributed by atoms with van der Waals surface area (Å²) in [4.78, 5) is 85.4. The van der Waals surface area contributed by atoms with E-state index >= 15 is 0 Å². The Morgan fingerprint density at radius 1 is 0.912 bits per heavy atom. The van der Waals surface area contributed by atoms with Gasteiger partial charge in [-0.1, -0.05) is 11.6 Å². The number of rotatable bonds is 18. The third-order valence-corrected chi connectivity index (χ3v) is 12.3. The molecular formula is C38H48ClN11O6S. The number of unbranched alkanes of at least 4 members (excludes halogenated alkanes) is 1. The number of carbonyl (C=O) groups is 6. The molecule has 2 saturated carbocycles. The van der Waals surface area contributed by atoms with Gasteiger partial charge in [0.25, 0.3) is 11.8 Å². The summed E-state index contributed by atoms with van der Waals surface area (Å²) >= 11 is 7.65. The zero-order valence-electron chi connectivity index (χ0n) is 31.8. The van der Waals surface area contributed by atoms with E-state index < -0.39 is 29.7 Å². The van der Waals surface area contributed by atoms with Gasteiger partial charge in [-0.15, -0.1) is 11.3 Å². The van der Waals surface area contributed by atoms with Crippen LogP contribution in [0.1, 0.15) is 94.8 Å². The lowest BCUT2D eigenvalue weighted by Gasteiger charge is -2.29. The van der Waals surface area contributed by atoms with E-state index in [0.29, 0.717) is 40.5 Å². The highest BCUT2D eigenvalue weighted by Gasteiger charge is 2.46. The lowest BCUT2D eigenvalue weighted by atomic mass is 9.91. The Hall–Kier alpha value is -4.78. The molecule has 19 heteroatoms. The van der Waals surface area contributed by atoms with Gasteiger partial charge in [0.1, 0.15) is 10.9 Å². The van der Waals surface area contributed by atoms with E-state index in [4.69, 9.17) is 16.6 Å². The third kappa shape index (κ3) is 10.0. The highest BCUT2D eigenvalue weighted by Crippen LogP contribution is 2.37. The first-order valence-corrected chi connectivity index (χ1v) is 20.9. The van der Waals surface area contributed by atoms with Gasteiger partial charge in [0.2, 0.25) is 29.6 Å². The number of aryl methyl sites for hydroxylation is 1. The minimum atomic E-state index is -1.01. The van der Waals surface area contributed by atoms with E-state index in [1.165, 1.54) is 12.8 Å². The molecule has 2 aliphatic heterocycles. The number of halogens is 1. The second-order valence-corrected chi connectivity index (χ2v) is 16.7. The quantitative estimate of drug-likeness (QED) is 0.0803. The predicted octanol–water partition coefficient (Wildman–Crippen LogP) is 2.06. The minimum absolute atomic E-state index is 0.0484. The van der Waals surface area contributed by atoms with Crippen LogP contribution in [0.4, 0.5) is 5.95 Å². The molecule has 7 rings (SSSR count). The molecule has 3 aromatic rings. The van der Waals surface area contributed by atoms with E-state index in [0.717, 1.165) is 72.4 Å². The van der Waals surface area contributed by atoms with Crippen molar-refractivity contribution in [2.45, 2.75) is 95.3 Å². The number of hydrogen-bond donors (Lipinski definition) is 6. The van der Waals surface area contributed by atoms with Crippen LogP contribution in [0.25, 0.3) is 11.3 Å². The molecule has 3 aromatic heterocycles. The minimum Gasteiger partial charge on any atom is -0.355 e. The van der Waals surface area contributed by atoms with Crippen molar-refractivity contribution in [3.63, 3.8) is 0 Å². The summed E-state index contributed by atoms with van der Waals surface area (Å²) in [5.74, 6) is -1.22. The molecule has 6 amide bonds. The molecule has 6 N–H and O–H groups in total. The molecule has 0 radical (unpaired) electrons. The van der Waals surface area contributed by atoms with Gasteiger partial charge in [0.15, 0.2) is 0 Å². The normalized spacial score (nSPS) is 20.7. The maximum absolute atomic E-state index is 12.9. The lowest BCUT2D eigenvalue weighted by Crippen LogP contribution is -2.54. The van der Waals surface area contributed by atoms with Gasteiger partial charge in [-0.25, -0.2) is 9.97 Å². The summed E-state index contributed by atoms with van der Waals surface area (Å²) in [5, 5.41) is 22.9. The van der Waals surface area contributed by atoms with Crippen molar-refractivity contribution in [1.82, 2.24) is 51.2 Å². The lowest BCUT2D eigenvalue weighted by molar-refractivity contribution is -0.136. The first-order chi connectivity index (χ1) is 27.5. The molecule has 1 unspecified atom stereocenters. The third-order valence-electron chi connectivity index (χ3n) is 10.9. The summed E-state index contributed by atoms with van der Waals surface area (Å²) in [7, 11) is 1.96. The van der Waals surface area contributed by atoms with E-state index in [1.54, 1.807) is 12.3 Å². The van der Waals surface area contributed by atoms with Gasteiger partial charge < -0.3 is 26.6 Å². The van der Waals surface area contributed by atoms with E-state index in [1.807, 2.05) is 17.9 Å². The summed E-state index contributed by atoms with van der Waals surface area (Å²) in [5.41, 5.74) is 3.03. The summed E-state index contributed by atoms with van der Waals surface area (Å²) in [6.45, 7) is 1.64. The zero-order valence-corrected chi connectivity index (χ0v) is 33.4. The van der Waals surface area contributed by atoms with Crippen molar-refractivity contribution >= 4 is 64.3 Å². The number of hydrogen-bond acceptors (Lipinski definition) is 13. The smallest absolute Gasteiger partial charge is 0.272 e. The van der Waals surface area contributed by atoms with Crippen LogP contribution in [0, 0.1) is 5.92 Å². The zero-order chi connectivity index (χ0) is 40.1. The molecule has 2 aliphatic carbocycles. The van der Waals surface area contributed by atoms with Crippen LogP contribution in [0.2, 0.25) is 5.02 Å². The van der Waals surface area contributed by atoms with E-state index in [9.17, 15) is 28.8 Å². The van der Waals surface area contributed by atoms with Crippen LogP contribution in [0.15, 0.2) is 18.5 Å². The second kappa shape index (κ2) is 18.2. The molecule has 0 aromatic carbocycles. The van der Waals surface area contributed by atoms with Crippen molar-refractivity contribution in [3.8, 4) is 11.3 Å². The van der Waals surface area contributed by atoms with Crippen molar-refractivity contribution < 1.29 is 28.8 Å². The molecule has 0 spiro atoms. The average Bonchev–Trinajstić information content (AvgIpc) is 3.73. The van der Waals surface area contributed by atoms with Crippen LogP contribution in [-0.2, 0) is 39.2 Å². The number of aromatic nitrogens is 4. The number of amides is 6. The Bertz CT molecular complexity index is 1990. The standard InChI is InChI=1S/C38H48ClN11O6S/c1-49-29(14-21-4-5-21)26(17-45-49)33-27(39)18-44-38(48-33)46-23-8-6-22(7-9-23)42-20-32(53)41-13-3-2-12-40-19-31(52)43-16-24-15-25-34(57-24)37(56)50(36(25)55)28-10-11-30(51)47-35(28)54/h15,17-18,21-23,28,40,42H,2-14,16,19-20H2,1H3,(H,41,53)(H,43,52)(H,44,46,48)(H,47,51,54)/t22-,23-,28?. The Morgan fingerprint density at radius 2 is 1.67 bits per heavy atom. The number of thiophene rings is 1. The molecule has 304 valence electrons. The van der Waals surface area contributed by atoms with Crippen LogP contribution in [0.3, 0.4) is 0 Å². The van der Waals surface area contributed by atoms with Crippen molar-refractivity contribution in [2.24, 2.45) is 13.0 Å². The number of carbonyl (C=O) groups excluding carboxylic acids is 6. The van der Waals surface area contributed by atoms with Gasteiger partial charge in [0, 0.05) is 48.2 Å². The van der Waals surface area contributed by atoms with Crippen molar-refractivity contribution in [1.29, 1.82) is 0 Å². The number of fused-ring (bicyclic) bond motifs is 1. The Morgan fingerprint density at radius 3 is 2.42 bits per heavy atom. The topological polar surface area (TPSA) is 221 Å². The highest BCUT2D eigenvalue weighted by molar-refractivity contribution is 7.14. The van der Waals surface area contributed by atoms with Crippen LogP contribution in [-0.4, -0.2) is 104 Å². The van der Waals surface area contributed by atoms with Gasteiger partial charge in [-0.2, -0.15) is 5.10 Å². The monoisotopic (exact) mass is 821 g/mol. The molecule has 57 heavy (non-hydrogen) atoms. The Kier molecular flexibility index (Phi) is 12.9. The number of imide groups is 2. The fourth-order valence-corrected chi connectivity index (χ4v) is 8.71. The number of anilines is 1. The molecule has 3 fully saturated rings. The molecule has 1 saturated heterocycles. The fourth-order valence-electron chi connectivity index (χ4n) is 7.49. The van der Waals surface area contributed by atoms with Crippen molar-refractivity contribution in [3.05, 3.63) is 44.5 Å². The van der Waals surface area contributed by atoms with Gasteiger partial charge in [-0.05, 0) is 82.7 Å². The van der Waals surface area contributed by atoms with Crippen LogP contribution < -0.4 is 31.9 Å². The highest BCUT2D eigenvalue weighted by atomic mass is 35.5. The molecular weight excluding hydrogens is 774 g/mol. The maximum Gasteiger partial charge on any atom is 0.272 e.